The van der Waals surface area contributed by atoms with E-state index in [-0.39, 0.29) is 11.8 Å². The van der Waals surface area contributed by atoms with E-state index in [4.69, 9.17) is 4.74 Å². The van der Waals surface area contributed by atoms with Crippen LogP contribution in [0.25, 0.3) is 0 Å². The Balaban J connectivity index is 2.63. The van der Waals surface area contributed by atoms with Crippen molar-refractivity contribution in [2.45, 2.75) is 65.5 Å². The molecule has 1 aliphatic heterocycles. The zero-order valence-electron chi connectivity index (χ0n) is 13.4. The number of carbonyl (C=O) groups is 2. The maximum atomic E-state index is 12.5. The van der Waals surface area contributed by atoms with Gasteiger partial charge in [-0.25, -0.2) is 4.79 Å². The van der Waals surface area contributed by atoms with Crippen molar-refractivity contribution in [1.82, 2.24) is 10.2 Å². The fourth-order valence-electron chi connectivity index (χ4n) is 2.26. The average molecular weight is 284 g/mol. The standard InChI is InChI=1S/C15H28N2O3/c1-11(2)12(16-14(19)20-15(3,4)5)13(18)17-9-7-6-8-10-17/h11-12H,6-10H2,1-5H3,(H,16,19). The van der Waals surface area contributed by atoms with Crippen LogP contribution in [-0.4, -0.2) is 41.6 Å². The van der Waals surface area contributed by atoms with E-state index in [1.54, 1.807) is 0 Å². The van der Waals surface area contributed by atoms with E-state index < -0.39 is 17.7 Å². The van der Waals surface area contributed by atoms with Crippen LogP contribution in [0, 0.1) is 5.92 Å². The van der Waals surface area contributed by atoms with Crippen LogP contribution in [0.15, 0.2) is 0 Å². The number of nitrogens with zero attached hydrogens (tertiary/aromatic N) is 1. The van der Waals surface area contributed by atoms with E-state index in [1.807, 2.05) is 39.5 Å². The van der Waals surface area contributed by atoms with Gasteiger partial charge in [-0.2, -0.15) is 0 Å². The Morgan fingerprint density at radius 3 is 2.10 bits per heavy atom. The normalized spacial score (nSPS) is 17.8. The molecule has 1 N–H and O–H groups in total. The largest absolute Gasteiger partial charge is 0.444 e. The second kappa shape index (κ2) is 6.95. The summed E-state index contributed by atoms with van der Waals surface area (Å²) >= 11 is 0. The van der Waals surface area contributed by atoms with Crippen molar-refractivity contribution in [2.24, 2.45) is 5.92 Å². The van der Waals surface area contributed by atoms with Crippen molar-refractivity contribution in [1.29, 1.82) is 0 Å². The van der Waals surface area contributed by atoms with E-state index in [0.29, 0.717) is 0 Å². The van der Waals surface area contributed by atoms with Crippen LogP contribution >= 0.6 is 0 Å². The first kappa shape index (κ1) is 16.8. The van der Waals surface area contributed by atoms with E-state index in [0.717, 1.165) is 25.9 Å². The number of rotatable bonds is 3. The van der Waals surface area contributed by atoms with Crippen molar-refractivity contribution >= 4 is 12.0 Å². The minimum absolute atomic E-state index is 0.00515. The molecule has 5 nitrogen and oxygen atoms in total. The van der Waals surface area contributed by atoms with Crippen LogP contribution in [0.1, 0.15) is 53.9 Å². The highest BCUT2D eigenvalue weighted by atomic mass is 16.6. The highest BCUT2D eigenvalue weighted by Crippen LogP contribution is 2.14. The molecule has 116 valence electrons. The summed E-state index contributed by atoms with van der Waals surface area (Å²) in [4.78, 5) is 26.2. The van der Waals surface area contributed by atoms with Gasteiger partial charge in [0.15, 0.2) is 0 Å². The Hall–Kier alpha value is -1.26. The molecular formula is C15H28N2O3. The Bertz CT molecular complexity index is 342. The van der Waals surface area contributed by atoms with Crippen LogP contribution in [-0.2, 0) is 9.53 Å². The number of hydrogen-bond acceptors (Lipinski definition) is 3. The Labute approximate surface area is 122 Å². The molecular weight excluding hydrogens is 256 g/mol. The fourth-order valence-corrected chi connectivity index (χ4v) is 2.26. The van der Waals surface area contributed by atoms with Crippen LogP contribution in [0.4, 0.5) is 4.79 Å². The number of hydrogen-bond donors (Lipinski definition) is 1. The number of alkyl carbamates (subject to hydrolysis) is 1. The lowest BCUT2D eigenvalue weighted by Crippen LogP contribution is -2.53. The number of piperidine rings is 1. The first-order valence-corrected chi connectivity index (χ1v) is 7.49. The molecule has 0 radical (unpaired) electrons. The molecule has 1 saturated heterocycles. The van der Waals surface area contributed by atoms with Gasteiger partial charge in [-0.05, 0) is 46.0 Å². The molecule has 0 aliphatic carbocycles. The van der Waals surface area contributed by atoms with Crippen LogP contribution in [0.5, 0.6) is 0 Å². The van der Waals surface area contributed by atoms with Gasteiger partial charge in [0.05, 0.1) is 0 Å². The highest BCUT2D eigenvalue weighted by Gasteiger charge is 2.30. The lowest BCUT2D eigenvalue weighted by atomic mass is 10.0. The van der Waals surface area contributed by atoms with Gasteiger partial charge in [-0.15, -0.1) is 0 Å². The lowest BCUT2D eigenvalue weighted by Gasteiger charge is -2.32. The first-order chi connectivity index (χ1) is 9.20. The molecule has 1 atom stereocenters. The van der Waals surface area contributed by atoms with Gasteiger partial charge in [0, 0.05) is 13.1 Å². The molecule has 1 fully saturated rings. The number of likely N-dealkylation sites (tertiary alicyclic amines) is 1. The summed E-state index contributed by atoms with van der Waals surface area (Å²) in [7, 11) is 0. The molecule has 20 heavy (non-hydrogen) atoms. The second-order valence-corrected chi connectivity index (χ2v) is 6.75. The van der Waals surface area contributed by atoms with Crippen LogP contribution < -0.4 is 5.32 Å². The first-order valence-electron chi connectivity index (χ1n) is 7.49. The van der Waals surface area contributed by atoms with Gasteiger partial charge in [-0.3, -0.25) is 4.79 Å². The number of ether oxygens (including phenoxy) is 1. The summed E-state index contributed by atoms with van der Waals surface area (Å²) < 4.78 is 5.24. The van der Waals surface area contributed by atoms with Crippen molar-refractivity contribution in [2.75, 3.05) is 13.1 Å². The van der Waals surface area contributed by atoms with Crippen molar-refractivity contribution < 1.29 is 14.3 Å². The summed E-state index contributed by atoms with van der Waals surface area (Å²) in [5.74, 6) is 0.0440. The summed E-state index contributed by atoms with van der Waals surface area (Å²) in [6, 6.07) is -0.511. The zero-order valence-corrected chi connectivity index (χ0v) is 13.4. The molecule has 1 heterocycles. The Kier molecular flexibility index (Phi) is 5.84. The number of nitrogens with one attached hydrogen (secondary N) is 1. The van der Waals surface area contributed by atoms with Crippen molar-refractivity contribution in [3.63, 3.8) is 0 Å². The maximum absolute atomic E-state index is 12.5. The van der Waals surface area contributed by atoms with Crippen LogP contribution in [0.3, 0.4) is 0 Å². The summed E-state index contributed by atoms with van der Waals surface area (Å²) in [6.07, 6.45) is 2.74. The quantitative estimate of drug-likeness (QED) is 0.866. The van der Waals surface area contributed by atoms with Crippen LogP contribution in [0.2, 0.25) is 0 Å². The lowest BCUT2D eigenvalue weighted by molar-refractivity contribution is -0.135. The minimum Gasteiger partial charge on any atom is -0.444 e. The Morgan fingerprint density at radius 2 is 1.65 bits per heavy atom. The van der Waals surface area contributed by atoms with Crippen molar-refractivity contribution in [3.05, 3.63) is 0 Å². The molecule has 1 unspecified atom stereocenters. The molecule has 0 aromatic rings. The molecule has 5 heteroatoms. The SMILES string of the molecule is CC(C)C(NC(=O)OC(C)(C)C)C(=O)N1CCCCC1. The van der Waals surface area contributed by atoms with Crippen molar-refractivity contribution in [3.8, 4) is 0 Å². The summed E-state index contributed by atoms with van der Waals surface area (Å²) in [5, 5.41) is 2.72. The van der Waals surface area contributed by atoms with E-state index in [2.05, 4.69) is 5.32 Å². The zero-order chi connectivity index (χ0) is 15.3. The molecule has 0 spiro atoms. The molecule has 1 aliphatic rings. The fraction of sp³-hybridized carbons (Fsp3) is 0.867. The molecule has 0 aromatic heterocycles. The number of amides is 2. The predicted molar refractivity (Wildman–Crippen MR) is 78.4 cm³/mol. The third-order valence-electron chi connectivity index (χ3n) is 3.27. The van der Waals surface area contributed by atoms with Gasteiger partial charge >= 0.3 is 6.09 Å². The maximum Gasteiger partial charge on any atom is 0.408 e. The van der Waals surface area contributed by atoms with Gasteiger partial charge in [0.1, 0.15) is 11.6 Å². The number of carbonyl (C=O) groups excluding carboxylic acids is 2. The van der Waals surface area contributed by atoms with E-state index >= 15 is 0 Å². The molecule has 0 aromatic carbocycles. The summed E-state index contributed by atoms with van der Waals surface area (Å²) in [5.41, 5.74) is -0.556. The van der Waals surface area contributed by atoms with E-state index in [1.165, 1.54) is 6.42 Å². The molecule has 1 rings (SSSR count). The van der Waals surface area contributed by atoms with E-state index in [9.17, 15) is 9.59 Å². The molecule has 0 bridgehead atoms. The minimum atomic E-state index is -0.556. The van der Waals surface area contributed by atoms with Gasteiger partial charge in [0.25, 0.3) is 0 Å². The highest BCUT2D eigenvalue weighted by molar-refractivity contribution is 5.86. The van der Waals surface area contributed by atoms with Gasteiger partial charge in [-0.1, -0.05) is 13.8 Å². The second-order valence-electron chi connectivity index (χ2n) is 6.75. The topological polar surface area (TPSA) is 58.6 Å². The molecule has 2 amide bonds. The predicted octanol–water partition coefficient (Wildman–Crippen LogP) is 2.55. The summed E-state index contributed by atoms with van der Waals surface area (Å²) in [6.45, 7) is 10.9. The molecule has 0 saturated carbocycles. The monoisotopic (exact) mass is 284 g/mol. The van der Waals surface area contributed by atoms with Gasteiger partial charge < -0.3 is 15.0 Å². The van der Waals surface area contributed by atoms with Gasteiger partial charge in [0.2, 0.25) is 5.91 Å². The third kappa shape index (κ3) is 5.39. The smallest absolute Gasteiger partial charge is 0.408 e. The Morgan fingerprint density at radius 1 is 1.10 bits per heavy atom. The average Bonchev–Trinajstić information content (AvgIpc) is 2.34. The third-order valence-corrected chi connectivity index (χ3v) is 3.27.